The van der Waals surface area contributed by atoms with Crippen LogP contribution in [-0.4, -0.2) is 11.1 Å². The molecule has 2 nitrogen and oxygen atoms in total. The summed E-state index contributed by atoms with van der Waals surface area (Å²) in [7, 11) is 0. The van der Waals surface area contributed by atoms with E-state index in [1.807, 2.05) is 6.07 Å². The van der Waals surface area contributed by atoms with Gasteiger partial charge in [0.2, 0.25) is 0 Å². The van der Waals surface area contributed by atoms with Gasteiger partial charge in [-0.2, -0.15) is 0 Å². The first kappa shape index (κ1) is 11.7. The maximum Gasteiger partial charge on any atom is 0.121 e. The van der Waals surface area contributed by atoms with Crippen molar-refractivity contribution in [2.24, 2.45) is 5.92 Å². The van der Waals surface area contributed by atoms with E-state index in [0.717, 1.165) is 11.5 Å². The lowest BCUT2D eigenvalue weighted by molar-refractivity contribution is 0.453. The Morgan fingerprint density at radius 3 is 2.88 bits per heavy atom. The van der Waals surface area contributed by atoms with Crippen molar-refractivity contribution < 1.29 is 5.11 Å². The molecule has 0 aliphatic heterocycles. The molecule has 1 fully saturated rings. The fourth-order valence-corrected chi connectivity index (χ4v) is 2.60. The van der Waals surface area contributed by atoms with Crippen molar-refractivity contribution in [1.29, 1.82) is 0 Å². The van der Waals surface area contributed by atoms with E-state index in [1.165, 1.54) is 19.3 Å². The SMILES string of the molecule is CC1CCC(NCc2c(O)cccc2Cl)C1. The summed E-state index contributed by atoms with van der Waals surface area (Å²) in [6.07, 6.45) is 3.75. The normalized spacial score (nSPS) is 24.9. The molecule has 2 unspecified atom stereocenters. The lowest BCUT2D eigenvalue weighted by Gasteiger charge is -2.14. The number of nitrogens with one attached hydrogen (secondary N) is 1. The van der Waals surface area contributed by atoms with E-state index < -0.39 is 0 Å². The van der Waals surface area contributed by atoms with Gasteiger partial charge in [0.25, 0.3) is 0 Å². The Labute approximate surface area is 102 Å². The third-order valence-electron chi connectivity index (χ3n) is 3.36. The second kappa shape index (κ2) is 5.07. The zero-order valence-electron chi connectivity index (χ0n) is 9.54. The molecule has 0 radical (unpaired) electrons. The fourth-order valence-electron chi connectivity index (χ4n) is 2.36. The quantitative estimate of drug-likeness (QED) is 0.848. The van der Waals surface area contributed by atoms with Crippen LogP contribution in [0.3, 0.4) is 0 Å². The Hall–Kier alpha value is -0.730. The summed E-state index contributed by atoms with van der Waals surface area (Å²) >= 11 is 6.04. The summed E-state index contributed by atoms with van der Waals surface area (Å²) in [5, 5.41) is 13.8. The van der Waals surface area contributed by atoms with Crippen molar-refractivity contribution in [2.45, 2.75) is 38.8 Å². The lowest BCUT2D eigenvalue weighted by Crippen LogP contribution is -2.25. The van der Waals surface area contributed by atoms with Crippen LogP contribution in [0.15, 0.2) is 18.2 Å². The van der Waals surface area contributed by atoms with Gasteiger partial charge in [0, 0.05) is 23.2 Å². The Bertz CT molecular complexity index is 347. The standard InChI is InChI=1S/C13H18ClNO/c1-9-5-6-10(7-9)15-8-11-12(14)3-2-4-13(11)16/h2-4,9-10,15-16H,5-8H2,1H3. The monoisotopic (exact) mass is 239 g/mol. The summed E-state index contributed by atoms with van der Waals surface area (Å²) in [4.78, 5) is 0. The molecular formula is C13H18ClNO. The van der Waals surface area contributed by atoms with Crippen LogP contribution in [0.4, 0.5) is 0 Å². The maximum atomic E-state index is 9.69. The van der Waals surface area contributed by atoms with Crippen molar-refractivity contribution >= 4 is 11.6 Å². The molecule has 2 N–H and O–H groups in total. The molecule has 16 heavy (non-hydrogen) atoms. The van der Waals surface area contributed by atoms with Crippen molar-refractivity contribution in [3.05, 3.63) is 28.8 Å². The van der Waals surface area contributed by atoms with Crippen LogP contribution in [0.25, 0.3) is 0 Å². The first-order valence-electron chi connectivity index (χ1n) is 5.86. The van der Waals surface area contributed by atoms with Gasteiger partial charge in [-0.1, -0.05) is 24.6 Å². The second-order valence-corrected chi connectivity index (χ2v) is 5.14. The molecule has 1 aromatic rings. The summed E-state index contributed by atoms with van der Waals surface area (Å²) in [6, 6.07) is 5.83. The third-order valence-corrected chi connectivity index (χ3v) is 3.71. The number of phenolic OH excluding ortho intramolecular Hbond substituents is 1. The van der Waals surface area contributed by atoms with E-state index in [9.17, 15) is 5.11 Å². The topological polar surface area (TPSA) is 32.3 Å². The van der Waals surface area contributed by atoms with E-state index in [-0.39, 0.29) is 5.75 Å². The highest BCUT2D eigenvalue weighted by Crippen LogP contribution is 2.28. The highest BCUT2D eigenvalue weighted by atomic mass is 35.5. The molecule has 88 valence electrons. The van der Waals surface area contributed by atoms with Crippen LogP contribution in [0.2, 0.25) is 5.02 Å². The number of hydrogen-bond acceptors (Lipinski definition) is 2. The minimum atomic E-state index is 0.283. The van der Waals surface area contributed by atoms with E-state index in [0.29, 0.717) is 17.6 Å². The zero-order valence-corrected chi connectivity index (χ0v) is 10.3. The van der Waals surface area contributed by atoms with Crippen LogP contribution >= 0.6 is 11.6 Å². The minimum Gasteiger partial charge on any atom is -0.508 e. The largest absolute Gasteiger partial charge is 0.508 e. The molecule has 2 atom stereocenters. The zero-order chi connectivity index (χ0) is 11.5. The van der Waals surface area contributed by atoms with Gasteiger partial charge < -0.3 is 10.4 Å². The number of halogens is 1. The highest BCUT2D eigenvalue weighted by molar-refractivity contribution is 6.31. The van der Waals surface area contributed by atoms with Gasteiger partial charge in [-0.15, -0.1) is 0 Å². The van der Waals surface area contributed by atoms with Gasteiger partial charge in [-0.3, -0.25) is 0 Å². The number of aromatic hydroxyl groups is 1. The molecule has 0 amide bonds. The average molecular weight is 240 g/mol. The van der Waals surface area contributed by atoms with Crippen LogP contribution in [-0.2, 0) is 6.54 Å². The van der Waals surface area contributed by atoms with Crippen LogP contribution < -0.4 is 5.32 Å². The van der Waals surface area contributed by atoms with Crippen LogP contribution in [0.1, 0.15) is 31.7 Å². The fraction of sp³-hybridized carbons (Fsp3) is 0.538. The molecule has 0 heterocycles. The van der Waals surface area contributed by atoms with Gasteiger partial charge in [0.15, 0.2) is 0 Å². The van der Waals surface area contributed by atoms with Gasteiger partial charge >= 0.3 is 0 Å². The van der Waals surface area contributed by atoms with Crippen molar-refractivity contribution in [3.63, 3.8) is 0 Å². The average Bonchev–Trinajstić information content (AvgIpc) is 2.63. The molecule has 0 bridgehead atoms. The molecule has 1 saturated carbocycles. The highest BCUT2D eigenvalue weighted by Gasteiger charge is 2.21. The van der Waals surface area contributed by atoms with Gasteiger partial charge in [0.05, 0.1) is 0 Å². The number of rotatable bonds is 3. The minimum absolute atomic E-state index is 0.283. The first-order chi connectivity index (χ1) is 7.66. The van der Waals surface area contributed by atoms with Gasteiger partial charge in [-0.05, 0) is 37.3 Å². The molecule has 1 aromatic carbocycles. The van der Waals surface area contributed by atoms with Gasteiger partial charge in [0.1, 0.15) is 5.75 Å². The summed E-state index contributed by atoms with van der Waals surface area (Å²) in [5.74, 6) is 1.10. The number of benzene rings is 1. The molecule has 1 aliphatic rings. The molecule has 2 rings (SSSR count). The van der Waals surface area contributed by atoms with Crippen LogP contribution in [0, 0.1) is 5.92 Å². The third kappa shape index (κ3) is 2.69. The van der Waals surface area contributed by atoms with Gasteiger partial charge in [-0.25, -0.2) is 0 Å². The molecule has 3 heteroatoms. The molecule has 0 spiro atoms. The first-order valence-corrected chi connectivity index (χ1v) is 6.24. The van der Waals surface area contributed by atoms with Crippen molar-refractivity contribution in [1.82, 2.24) is 5.32 Å². The summed E-state index contributed by atoms with van der Waals surface area (Å²) in [6.45, 7) is 2.94. The number of hydrogen-bond donors (Lipinski definition) is 2. The van der Waals surface area contributed by atoms with E-state index in [1.54, 1.807) is 12.1 Å². The second-order valence-electron chi connectivity index (χ2n) is 4.73. The molecule has 0 saturated heterocycles. The molecule has 0 aromatic heterocycles. The predicted molar refractivity (Wildman–Crippen MR) is 66.8 cm³/mol. The molecular weight excluding hydrogens is 222 g/mol. The lowest BCUT2D eigenvalue weighted by atomic mass is 10.1. The number of phenols is 1. The van der Waals surface area contributed by atoms with E-state index in [2.05, 4.69) is 12.2 Å². The Morgan fingerprint density at radius 2 is 2.25 bits per heavy atom. The van der Waals surface area contributed by atoms with Crippen molar-refractivity contribution in [2.75, 3.05) is 0 Å². The Kier molecular flexibility index (Phi) is 3.72. The van der Waals surface area contributed by atoms with Crippen molar-refractivity contribution in [3.8, 4) is 5.75 Å². The molecule has 1 aliphatic carbocycles. The van der Waals surface area contributed by atoms with E-state index >= 15 is 0 Å². The Morgan fingerprint density at radius 1 is 1.44 bits per heavy atom. The smallest absolute Gasteiger partial charge is 0.121 e. The van der Waals surface area contributed by atoms with E-state index in [4.69, 9.17) is 11.6 Å². The Balaban J connectivity index is 1.94. The summed E-state index contributed by atoms with van der Waals surface area (Å²) < 4.78 is 0. The maximum absolute atomic E-state index is 9.69. The van der Waals surface area contributed by atoms with Crippen LogP contribution in [0.5, 0.6) is 5.75 Å². The predicted octanol–water partition coefficient (Wildman–Crippen LogP) is 3.32. The summed E-state index contributed by atoms with van der Waals surface area (Å²) in [5.41, 5.74) is 0.809.